The predicted octanol–water partition coefficient (Wildman–Crippen LogP) is 0.964. The number of carboxylic acid groups (broad SMARTS) is 2. The van der Waals surface area contributed by atoms with Crippen molar-refractivity contribution in [1.29, 1.82) is 0 Å². The number of aromatic carboxylic acids is 2. The molecule has 0 aliphatic carbocycles. The van der Waals surface area contributed by atoms with Crippen molar-refractivity contribution in [3.8, 4) is 0 Å². The second-order valence-corrected chi connectivity index (χ2v) is 2.19. The lowest BCUT2D eigenvalue weighted by Crippen LogP contribution is -1.99. The van der Waals surface area contributed by atoms with Gasteiger partial charge in [-0.1, -0.05) is 0 Å². The Morgan fingerprint density at radius 1 is 0.846 bits per heavy atom. The molecular formula is C8H6O5. The summed E-state index contributed by atoms with van der Waals surface area (Å²) >= 11 is 0. The summed E-state index contributed by atoms with van der Waals surface area (Å²) < 4.78 is 0. The summed E-state index contributed by atoms with van der Waals surface area (Å²) in [5.74, 6) is -2.13. The number of hydrogen-bond donors (Lipinski definition) is 2. The molecule has 0 spiro atoms. The fourth-order valence-corrected chi connectivity index (χ4v) is 0.755. The highest BCUT2D eigenvalue weighted by molar-refractivity contribution is 5.91. The normalized spacial score (nSPS) is 8.62. The molecule has 68 valence electrons. The molecule has 0 aliphatic rings. The number of carbonyl (C=O) groups is 2. The Hall–Kier alpha value is -1.88. The van der Waals surface area contributed by atoms with Gasteiger partial charge >= 0.3 is 11.9 Å². The Bertz CT molecular complexity index is 281. The maximum Gasteiger partial charge on any atom is 0.335 e. The molecule has 0 amide bonds. The largest absolute Gasteiger partial charge is 0.478 e. The summed E-state index contributed by atoms with van der Waals surface area (Å²) in [5.41, 5.74) is 0.167. The average molecular weight is 182 g/mol. The average Bonchev–Trinajstić information content (AvgIpc) is 2.04. The van der Waals surface area contributed by atoms with Gasteiger partial charge in [-0.2, -0.15) is 0 Å². The second-order valence-electron chi connectivity index (χ2n) is 2.19. The number of benzene rings is 1. The molecule has 5 heteroatoms. The van der Waals surface area contributed by atoms with Crippen LogP contribution in [0.15, 0.2) is 24.3 Å². The van der Waals surface area contributed by atoms with Crippen LogP contribution in [0.2, 0.25) is 0 Å². The van der Waals surface area contributed by atoms with Gasteiger partial charge in [0.2, 0.25) is 0 Å². The van der Waals surface area contributed by atoms with Crippen molar-refractivity contribution in [1.82, 2.24) is 0 Å². The minimum atomic E-state index is -1.06. The van der Waals surface area contributed by atoms with Crippen LogP contribution in [0.25, 0.3) is 0 Å². The molecule has 2 N–H and O–H groups in total. The molecule has 0 fully saturated rings. The Morgan fingerprint density at radius 2 is 1.08 bits per heavy atom. The lowest BCUT2D eigenvalue weighted by molar-refractivity contribution is 0.0681. The first-order valence-corrected chi connectivity index (χ1v) is 3.18. The fourth-order valence-electron chi connectivity index (χ4n) is 0.755. The highest BCUT2D eigenvalue weighted by Gasteiger charge is 2.04. The topological polar surface area (TPSA) is 103 Å². The Morgan fingerprint density at radius 3 is 1.23 bits per heavy atom. The van der Waals surface area contributed by atoms with Crippen molar-refractivity contribution in [3.05, 3.63) is 35.4 Å². The third-order valence-corrected chi connectivity index (χ3v) is 1.38. The molecular weight excluding hydrogens is 176 g/mol. The molecule has 0 heterocycles. The molecule has 0 atom stereocenters. The van der Waals surface area contributed by atoms with Crippen molar-refractivity contribution >= 4 is 11.9 Å². The van der Waals surface area contributed by atoms with Gasteiger partial charge in [0.1, 0.15) is 0 Å². The third-order valence-electron chi connectivity index (χ3n) is 1.38. The lowest BCUT2D eigenvalue weighted by Gasteiger charge is -1.94. The molecule has 0 aromatic heterocycles. The Labute approximate surface area is 73.6 Å². The monoisotopic (exact) mass is 182 g/mol. The van der Waals surface area contributed by atoms with E-state index in [0.29, 0.717) is 0 Å². The van der Waals surface area contributed by atoms with E-state index in [-0.39, 0.29) is 16.6 Å². The molecule has 0 aliphatic heterocycles. The first-order chi connectivity index (χ1) is 5.61. The van der Waals surface area contributed by atoms with E-state index in [0.717, 1.165) is 0 Å². The molecule has 0 unspecified atom stereocenters. The van der Waals surface area contributed by atoms with E-state index < -0.39 is 11.9 Å². The van der Waals surface area contributed by atoms with E-state index in [9.17, 15) is 9.59 Å². The Balaban J connectivity index is 0.00000144. The van der Waals surface area contributed by atoms with E-state index in [4.69, 9.17) is 10.2 Å². The summed E-state index contributed by atoms with van der Waals surface area (Å²) in [4.78, 5) is 20.7. The van der Waals surface area contributed by atoms with E-state index in [1.165, 1.54) is 24.3 Å². The molecule has 1 aromatic rings. The van der Waals surface area contributed by atoms with Gasteiger partial charge in [0, 0.05) is 5.48 Å². The van der Waals surface area contributed by atoms with Crippen LogP contribution in [-0.2, 0) is 5.48 Å². The summed E-state index contributed by atoms with van der Waals surface area (Å²) in [6.07, 6.45) is 0. The fraction of sp³-hybridized carbons (Fsp3) is 0. The lowest BCUT2D eigenvalue weighted by atomic mass is 10.1. The highest BCUT2D eigenvalue weighted by Crippen LogP contribution is 2.03. The van der Waals surface area contributed by atoms with Crippen LogP contribution in [0.3, 0.4) is 0 Å². The Kier molecular flexibility index (Phi) is 3.61. The van der Waals surface area contributed by atoms with E-state index in [1.807, 2.05) is 0 Å². The maximum absolute atomic E-state index is 10.3. The van der Waals surface area contributed by atoms with Crippen molar-refractivity contribution in [2.45, 2.75) is 0 Å². The minimum Gasteiger partial charge on any atom is -0.478 e. The number of hydrogen-bond acceptors (Lipinski definition) is 2. The van der Waals surface area contributed by atoms with Gasteiger partial charge in [0.25, 0.3) is 0 Å². The molecule has 13 heavy (non-hydrogen) atoms. The van der Waals surface area contributed by atoms with Gasteiger partial charge < -0.3 is 10.2 Å². The molecule has 1 rings (SSSR count). The van der Waals surface area contributed by atoms with Crippen molar-refractivity contribution in [2.24, 2.45) is 0 Å². The van der Waals surface area contributed by atoms with Crippen LogP contribution in [0.5, 0.6) is 0 Å². The first kappa shape index (κ1) is 11.1. The smallest absolute Gasteiger partial charge is 0.335 e. The molecule has 0 saturated carbocycles. The SMILES string of the molecule is O=C(O)c1ccc(C(=O)O)cc1.[O]. The van der Waals surface area contributed by atoms with Gasteiger partial charge in [-0.25, -0.2) is 9.59 Å². The van der Waals surface area contributed by atoms with Gasteiger partial charge in [0.15, 0.2) is 0 Å². The van der Waals surface area contributed by atoms with Crippen LogP contribution in [0, 0.1) is 0 Å². The summed E-state index contributed by atoms with van der Waals surface area (Å²) in [6.45, 7) is 0. The summed E-state index contributed by atoms with van der Waals surface area (Å²) in [5, 5.41) is 16.9. The van der Waals surface area contributed by atoms with E-state index >= 15 is 0 Å². The predicted molar refractivity (Wildman–Crippen MR) is 41.0 cm³/mol. The second kappa shape index (κ2) is 4.22. The van der Waals surface area contributed by atoms with Gasteiger partial charge in [-0.05, 0) is 24.3 Å². The van der Waals surface area contributed by atoms with Crippen LogP contribution in [-0.4, -0.2) is 22.2 Å². The zero-order chi connectivity index (χ0) is 9.14. The third kappa shape index (κ3) is 2.57. The van der Waals surface area contributed by atoms with E-state index in [2.05, 4.69) is 0 Å². The molecule has 2 radical (unpaired) electrons. The van der Waals surface area contributed by atoms with Crippen molar-refractivity contribution in [2.75, 3.05) is 0 Å². The molecule has 1 aromatic carbocycles. The quantitative estimate of drug-likeness (QED) is 0.710. The summed E-state index contributed by atoms with van der Waals surface area (Å²) in [7, 11) is 0. The van der Waals surface area contributed by atoms with Crippen LogP contribution < -0.4 is 0 Å². The van der Waals surface area contributed by atoms with Crippen LogP contribution in [0.4, 0.5) is 0 Å². The molecule has 0 saturated heterocycles. The van der Waals surface area contributed by atoms with Crippen molar-refractivity contribution < 1.29 is 25.3 Å². The molecule has 0 bridgehead atoms. The van der Waals surface area contributed by atoms with E-state index in [1.54, 1.807) is 0 Å². The van der Waals surface area contributed by atoms with Crippen LogP contribution in [0.1, 0.15) is 20.7 Å². The zero-order valence-electron chi connectivity index (χ0n) is 6.43. The standard InChI is InChI=1S/C8H6O4.O/c9-7(10)5-1-2-6(4-3-5)8(11)12;/h1-4H,(H,9,10)(H,11,12);. The summed E-state index contributed by atoms with van der Waals surface area (Å²) in [6, 6.07) is 5.02. The van der Waals surface area contributed by atoms with Gasteiger partial charge in [-0.15, -0.1) is 0 Å². The number of rotatable bonds is 2. The van der Waals surface area contributed by atoms with Crippen molar-refractivity contribution in [3.63, 3.8) is 0 Å². The van der Waals surface area contributed by atoms with Crippen LogP contribution >= 0.6 is 0 Å². The van der Waals surface area contributed by atoms with Gasteiger partial charge in [-0.3, -0.25) is 0 Å². The highest BCUT2D eigenvalue weighted by atomic mass is 16.4. The zero-order valence-corrected chi connectivity index (χ0v) is 6.43. The van der Waals surface area contributed by atoms with Gasteiger partial charge in [0.05, 0.1) is 11.1 Å². The number of carboxylic acids is 2. The molecule has 5 nitrogen and oxygen atoms in total. The minimum absolute atomic E-state index is 0. The maximum atomic E-state index is 10.3. The first-order valence-electron chi connectivity index (χ1n) is 3.18.